The van der Waals surface area contributed by atoms with E-state index in [0.717, 1.165) is 6.92 Å². The normalized spacial score (nSPS) is 14.6. The summed E-state index contributed by atoms with van der Waals surface area (Å²) in [5.41, 5.74) is 4.83. The number of nitrogens with zero attached hydrogens (tertiary/aromatic N) is 1. The third-order valence-corrected chi connectivity index (χ3v) is 3.58. The Hall–Kier alpha value is -1.66. The summed E-state index contributed by atoms with van der Waals surface area (Å²) in [7, 11) is -4.05. The number of aliphatic carboxylic acids is 1. The molecule has 0 rings (SSSR count). The number of nitrogens with two attached hydrogens (primary N) is 1. The number of nitrogens with one attached hydrogen (secondary N) is 1. The molecule has 0 spiro atoms. The molecule has 8 nitrogen and oxygen atoms in total. The minimum absolute atomic E-state index is 0.262. The summed E-state index contributed by atoms with van der Waals surface area (Å²) < 4.78 is 24.7. The van der Waals surface area contributed by atoms with Crippen LogP contribution in [0.2, 0.25) is 0 Å². The minimum atomic E-state index is -4.05. The topological polar surface area (TPSA) is 150 Å². The molecule has 1 amide bonds. The Labute approximate surface area is 98.5 Å². The van der Waals surface area contributed by atoms with Crippen molar-refractivity contribution in [2.24, 2.45) is 5.73 Å². The summed E-state index contributed by atoms with van der Waals surface area (Å²) >= 11 is 0. The highest BCUT2D eigenvalue weighted by molar-refractivity contribution is 7.90. The number of rotatable bonds is 7. The highest BCUT2D eigenvalue weighted by atomic mass is 32.2. The van der Waals surface area contributed by atoms with E-state index >= 15 is 0 Å². The molecule has 0 fully saturated rings. The zero-order valence-electron chi connectivity index (χ0n) is 9.08. The molecule has 0 heterocycles. The van der Waals surface area contributed by atoms with E-state index in [-0.39, 0.29) is 12.8 Å². The van der Waals surface area contributed by atoms with Crippen molar-refractivity contribution in [1.29, 1.82) is 5.26 Å². The van der Waals surface area contributed by atoms with Crippen molar-refractivity contribution in [2.45, 2.75) is 31.1 Å². The van der Waals surface area contributed by atoms with E-state index in [1.165, 1.54) is 6.07 Å². The lowest BCUT2D eigenvalue weighted by Crippen LogP contribution is -2.44. The quantitative estimate of drug-likeness (QED) is 0.510. The predicted octanol–water partition coefficient (Wildman–Crippen LogP) is -1.46. The van der Waals surface area contributed by atoms with Gasteiger partial charge >= 0.3 is 5.97 Å². The van der Waals surface area contributed by atoms with Crippen LogP contribution in [0.5, 0.6) is 0 Å². The average molecular weight is 263 g/mol. The molecule has 0 aliphatic rings. The Kier molecular flexibility index (Phi) is 5.57. The van der Waals surface area contributed by atoms with Crippen molar-refractivity contribution in [3.63, 3.8) is 0 Å². The Morgan fingerprint density at radius 3 is 2.41 bits per heavy atom. The second-order valence-electron chi connectivity index (χ2n) is 3.33. The van der Waals surface area contributed by atoms with Crippen LogP contribution in [0.4, 0.5) is 0 Å². The highest BCUT2D eigenvalue weighted by Gasteiger charge is 2.28. The maximum atomic E-state index is 11.4. The molecule has 0 saturated carbocycles. The summed E-state index contributed by atoms with van der Waals surface area (Å²) in [6.07, 6.45) is -0.525. The van der Waals surface area contributed by atoms with Crippen LogP contribution in [0, 0.1) is 11.3 Å². The van der Waals surface area contributed by atoms with Crippen LogP contribution >= 0.6 is 0 Å². The molecule has 4 N–H and O–H groups in total. The first-order valence-corrected chi connectivity index (χ1v) is 6.17. The Balaban J connectivity index is 4.73. The number of carbonyl (C=O) groups excluding carboxylic acids is 1. The molecule has 0 saturated heterocycles. The van der Waals surface area contributed by atoms with E-state index in [1.807, 2.05) is 4.72 Å². The van der Waals surface area contributed by atoms with Crippen molar-refractivity contribution >= 4 is 21.9 Å². The van der Waals surface area contributed by atoms with Crippen LogP contribution < -0.4 is 10.5 Å². The molecule has 0 aromatic carbocycles. The molecule has 9 heteroatoms. The van der Waals surface area contributed by atoms with E-state index in [0.29, 0.717) is 0 Å². The van der Waals surface area contributed by atoms with Gasteiger partial charge in [-0.25, -0.2) is 8.42 Å². The van der Waals surface area contributed by atoms with Gasteiger partial charge in [0.25, 0.3) is 0 Å². The number of carbonyl (C=O) groups is 2. The van der Waals surface area contributed by atoms with Gasteiger partial charge in [-0.05, 0) is 13.3 Å². The predicted molar refractivity (Wildman–Crippen MR) is 57.0 cm³/mol. The van der Waals surface area contributed by atoms with Gasteiger partial charge in [0.05, 0.1) is 6.07 Å². The fourth-order valence-corrected chi connectivity index (χ4v) is 1.85. The fourth-order valence-electron chi connectivity index (χ4n) is 0.889. The number of sulfonamides is 1. The third kappa shape index (κ3) is 5.28. The van der Waals surface area contributed by atoms with E-state index < -0.39 is 33.2 Å². The highest BCUT2D eigenvalue weighted by Crippen LogP contribution is 2.03. The van der Waals surface area contributed by atoms with Gasteiger partial charge in [0, 0.05) is 6.42 Å². The smallest absolute Gasteiger partial charge is 0.321 e. The number of hydrogen-bond acceptors (Lipinski definition) is 5. The van der Waals surface area contributed by atoms with Crippen LogP contribution in [-0.4, -0.2) is 36.7 Å². The first-order chi connectivity index (χ1) is 7.70. The van der Waals surface area contributed by atoms with Crippen molar-refractivity contribution in [3.8, 4) is 6.07 Å². The lowest BCUT2D eigenvalue weighted by atomic mass is 10.2. The van der Waals surface area contributed by atoms with E-state index in [1.54, 1.807) is 0 Å². The van der Waals surface area contributed by atoms with Crippen molar-refractivity contribution in [2.75, 3.05) is 0 Å². The number of nitriles is 1. The van der Waals surface area contributed by atoms with Gasteiger partial charge in [0.2, 0.25) is 15.9 Å². The third-order valence-electron chi connectivity index (χ3n) is 1.93. The minimum Gasteiger partial charge on any atom is -0.480 e. The Morgan fingerprint density at radius 2 is 2.06 bits per heavy atom. The van der Waals surface area contributed by atoms with Gasteiger partial charge in [-0.1, -0.05) is 0 Å². The number of amides is 1. The molecular formula is C8H13N3O5S. The summed E-state index contributed by atoms with van der Waals surface area (Å²) in [6, 6.07) is 0.0102. The zero-order valence-corrected chi connectivity index (χ0v) is 9.90. The lowest BCUT2D eigenvalue weighted by Gasteiger charge is -2.14. The summed E-state index contributed by atoms with van der Waals surface area (Å²) in [5, 5.41) is 15.8. The largest absolute Gasteiger partial charge is 0.480 e. The number of carboxylic acid groups (broad SMARTS) is 1. The Morgan fingerprint density at radius 1 is 1.53 bits per heavy atom. The number of hydrogen-bond donors (Lipinski definition) is 3. The SMILES string of the molecule is CC(C#N)S(=O)(=O)N[C@@H](CCC(N)=O)C(=O)O. The molecular weight excluding hydrogens is 250 g/mol. The molecule has 2 atom stereocenters. The molecule has 0 aliphatic carbocycles. The average Bonchev–Trinajstić information content (AvgIpc) is 2.22. The zero-order chi connectivity index (χ0) is 13.6. The van der Waals surface area contributed by atoms with E-state index in [4.69, 9.17) is 16.1 Å². The van der Waals surface area contributed by atoms with Crippen LogP contribution in [0.3, 0.4) is 0 Å². The van der Waals surface area contributed by atoms with Gasteiger partial charge < -0.3 is 10.8 Å². The van der Waals surface area contributed by atoms with Gasteiger partial charge in [-0.15, -0.1) is 0 Å². The summed E-state index contributed by atoms with van der Waals surface area (Å²) in [5.74, 6) is -2.16. The molecule has 0 aromatic heterocycles. The van der Waals surface area contributed by atoms with Crippen LogP contribution in [-0.2, 0) is 19.6 Å². The van der Waals surface area contributed by atoms with Crippen molar-refractivity contribution in [3.05, 3.63) is 0 Å². The van der Waals surface area contributed by atoms with Gasteiger partial charge in [-0.3, -0.25) is 9.59 Å². The van der Waals surface area contributed by atoms with Gasteiger partial charge in [0.1, 0.15) is 6.04 Å². The number of primary amides is 1. The molecule has 0 radical (unpaired) electrons. The molecule has 0 aromatic rings. The van der Waals surface area contributed by atoms with E-state index in [9.17, 15) is 18.0 Å². The van der Waals surface area contributed by atoms with Crippen LogP contribution in [0.25, 0.3) is 0 Å². The molecule has 0 aliphatic heterocycles. The monoisotopic (exact) mass is 263 g/mol. The van der Waals surface area contributed by atoms with Crippen LogP contribution in [0.15, 0.2) is 0 Å². The summed E-state index contributed by atoms with van der Waals surface area (Å²) in [4.78, 5) is 21.2. The lowest BCUT2D eigenvalue weighted by molar-refractivity contribution is -0.139. The van der Waals surface area contributed by atoms with Crippen LogP contribution in [0.1, 0.15) is 19.8 Å². The second-order valence-corrected chi connectivity index (χ2v) is 5.36. The van der Waals surface area contributed by atoms with Gasteiger partial charge in [-0.2, -0.15) is 9.98 Å². The van der Waals surface area contributed by atoms with Crippen molar-refractivity contribution in [1.82, 2.24) is 4.72 Å². The van der Waals surface area contributed by atoms with Crippen molar-refractivity contribution < 1.29 is 23.1 Å². The molecule has 17 heavy (non-hydrogen) atoms. The molecule has 96 valence electrons. The second kappa shape index (κ2) is 6.17. The number of carboxylic acids is 1. The fraction of sp³-hybridized carbons (Fsp3) is 0.625. The molecule has 1 unspecified atom stereocenters. The van der Waals surface area contributed by atoms with Gasteiger partial charge in [0.15, 0.2) is 5.25 Å². The first kappa shape index (κ1) is 15.3. The van der Waals surface area contributed by atoms with E-state index in [2.05, 4.69) is 0 Å². The first-order valence-electron chi connectivity index (χ1n) is 4.62. The maximum Gasteiger partial charge on any atom is 0.321 e. The Bertz CT molecular complexity index is 439. The molecule has 0 bridgehead atoms. The summed E-state index contributed by atoms with van der Waals surface area (Å²) in [6.45, 7) is 1.12. The maximum absolute atomic E-state index is 11.4. The standard InChI is InChI=1S/C8H13N3O5S/c1-5(4-9)17(15,16)11-6(8(13)14)2-3-7(10)12/h5-6,11H,2-3H2,1H3,(H2,10,12)(H,13,14)/t5?,6-/m0/s1.